The van der Waals surface area contributed by atoms with Crippen molar-refractivity contribution in [2.45, 2.75) is 45.3 Å². The highest BCUT2D eigenvalue weighted by Gasteiger charge is 2.29. The van der Waals surface area contributed by atoms with Crippen molar-refractivity contribution in [3.8, 4) is 5.75 Å². The number of benzene rings is 1. The first-order valence-corrected chi connectivity index (χ1v) is 8.05. The topological polar surface area (TPSA) is 58.7 Å². The lowest BCUT2D eigenvalue weighted by atomic mass is 9.88. The van der Waals surface area contributed by atoms with E-state index in [2.05, 4.69) is 24.0 Å². The fourth-order valence-electron chi connectivity index (χ4n) is 2.97. The summed E-state index contributed by atoms with van der Waals surface area (Å²) in [5, 5.41) is 10.1. The summed E-state index contributed by atoms with van der Waals surface area (Å²) in [4.78, 5) is 2.28. The number of rotatable bonds is 6. The predicted molar refractivity (Wildman–Crippen MR) is 86.8 cm³/mol. The van der Waals surface area contributed by atoms with Crippen molar-refractivity contribution in [1.82, 2.24) is 0 Å². The van der Waals surface area contributed by atoms with Crippen molar-refractivity contribution in [1.29, 1.82) is 0 Å². The minimum Gasteiger partial charge on any atom is -0.494 e. The first-order chi connectivity index (χ1) is 10.1. The van der Waals surface area contributed by atoms with E-state index in [0.717, 1.165) is 50.4 Å². The van der Waals surface area contributed by atoms with Gasteiger partial charge in [0.1, 0.15) is 5.75 Å². The number of anilines is 1. The molecule has 1 heterocycles. The van der Waals surface area contributed by atoms with E-state index in [9.17, 15) is 5.11 Å². The number of ether oxygens (including phenoxy) is 1. The molecule has 1 fully saturated rings. The molecule has 118 valence electrons. The molecular formula is C17H28N2O2. The molecular weight excluding hydrogens is 264 g/mol. The largest absolute Gasteiger partial charge is 0.494 e. The van der Waals surface area contributed by atoms with Gasteiger partial charge in [0.15, 0.2) is 0 Å². The Balaban J connectivity index is 2.02. The molecule has 2 rings (SSSR count). The Morgan fingerprint density at radius 2 is 2.00 bits per heavy atom. The molecule has 3 unspecified atom stereocenters. The molecule has 0 bridgehead atoms. The SMILES string of the molecule is CCCOc1ccc(N2CC(N)CC(C(O)CC)C2)cc1. The van der Waals surface area contributed by atoms with Crippen molar-refractivity contribution in [3.05, 3.63) is 24.3 Å². The third-order valence-corrected chi connectivity index (χ3v) is 4.15. The molecule has 1 aliphatic heterocycles. The second-order valence-corrected chi connectivity index (χ2v) is 5.98. The van der Waals surface area contributed by atoms with Gasteiger partial charge in [0.25, 0.3) is 0 Å². The number of hydrogen-bond donors (Lipinski definition) is 2. The Kier molecular flexibility index (Phi) is 5.88. The molecule has 0 aromatic heterocycles. The van der Waals surface area contributed by atoms with E-state index in [0.29, 0.717) is 0 Å². The van der Waals surface area contributed by atoms with Gasteiger partial charge in [-0.3, -0.25) is 0 Å². The van der Waals surface area contributed by atoms with E-state index in [-0.39, 0.29) is 18.1 Å². The molecule has 0 aliphatic carbocycles. The first kappa shape index (κ1) is 16.1. The van der Waals surface area contributed by atoms with Crippen molar-refractivity contribution in [2.24, 2.45) is 11.7 Å². The molecule has 4 nitrogen and oxygen atoms in total. The van der Waals surface area contributed by atoms with Crippen molar-refractivity contribution in [2.75, 3.05) is 24.6 Å². The Morgan fingerprint density at radius 3 is 2.62 bits per heavy atom. The van der Waals surface area contributed by atoms with Crippen LogP contribution < -0.4 is 15.4 Å². The van der Waals surface area contributed by atoms with Crippen LogP contribution in [0.3, 0.4) is 0 Å². The van der Waals surface area contributed by atoms with Crippen molar-refractivity contribution >= 4 is 5.69 Å². The molecule has 0 radical (unpaired) electrons. The van der Waals surface area contributed by atoms with E-state index in [1.165, 1.54) is 0 Å². The maximum absolute atomic E-state index is 10.1. The standard InChI is InChI=1S/C17H28N2O2/c1-3-9-21-16-7-5-15(6-8-16)19-11-13(17(20)4-2)10-14(18)12-19/h5-8,13-14,17,20H,3-4,9-12,18H2,1-2H3. The summed E-state index contributed by atoms with van der Waals surface area (Å²) >= 11 is 0. The zero-order valence-corrected chi connectivity index (χ0v) is 13.2. The number of hydrogen-bond acceptors (Lipinski definition) is 4. The van der Waals surface area contributed by atoms with Gasteiger partial charge >= 0.3 is 0 Å². The van der Waals surface area contributed by atoms with Crippen LogP contribution in [0.5, 0.6) is 5.75 Å². The molecule has 3 N–H and O–H groups in total. The molecule has 3 atom stereocenters. The molecule has 1 saturated heterocycles. The highest BCUT2D eigenvalue weighted by atomic mass is 16.5. The summed E-state index contributed by atoms with van der Waals surface area (Å²) in [6.45, 7) is 6.59. The number of nitrogens with zero attached hydrogens (tertiary/aromatic N) is 1. The number of aliphatic hydroxyl groups is 1. The molecule has 0 saturated carbocycles. The third-order valence-electron chi connectivity index (χ3n) is 4.15. The summed E-state index contributed by atoms with van der Waals surface area (Å²) in [5.41, 5.74) is 7.32. The zero-order chi connectivity index (χ0) is 15.2. The molecule has 1 aromatic rings. The Labute approximate surface area is 127 Å². The van der Waals surface area contributed by atoms with Crippen LogP contribution in [0, 0.1) is 5.92 Å². The van der Waals surface area contributed by atoms with E-state index < -0.39 is 0 Å². The average Bonchev–Trinajstić information content (AvgIpc) is 2.52. The molecule has 4 heteroatoms. The van der Waals surface area contributed by atoms with Gasteiger partial charge in [-0.1, -0.05) is 13.8 Å². The maximum atomic E-state index is 10.1. The van der Waals surface area contributed by atoms with Crippen molar-refractivity contribution < 1.29 is 9.84 Å². The van der Waals surface area contributed by atoms with Crippen LogP contribution in [0.1, 0.15) is 33.1 Å². The number of aliphatic hydroxyl groups excluding tert-OH is 1. The molecule has 21 heavy (non-hydrogen) atoms. The van der Waals surface area contributed by atoms with Gasteiger partial charge in [-0.15, -0.1) is 0 Å². The molecule has 0 amide bonds. The molecule has 1 aromatic carbocycles. The lowest BCUT2D eigenvalue weighted by molar-refractivity contribution is 0.0902. The zero-order valence-electron chi connectivity index (χ0n) is 13.2. The lowest BCUT2D eigenvalue weighted by Gasteiger charge is -2.39. The van der Waals surface area contributed by atoms with Crippen LogP contribution in [0.4, 0.5) is 5.69 Å². The first-order valence-electron chi connectivity index (χ1n) is 8.05. The summed E-state index contributed by atoms with van der Waals surface area (Å²) < 4.78 is 5.61. The summed E-state index contributed by atoms with van der Waals surface area (Å²) in [6, 6.07) is 8.31. The van der Waals surface area contributed by atoms with Gasteiger partial charge in [-0.05, 0) is 43.5 Å². The van der Waals surface area contributed by atoms with E-state index in [4.69, 9.17) is 10.5 Å². The predicted octanol–water partition coefficient (Wildman–Crippen LogP) is 2.40. The fourth-order valence-corrected chi connectivity index (χ4v) is 2.97. The van der Waals surface area contributed by atoms with Crippen LogP contribution in [-0.4, -0.2) is 36.9 Å². The highest BCUT2D eigenvalue weighted by Crippen LogP contribution is 2.27. The average molecular weight is 292 g/mol. The monoisotopic (exact) mass is 292 g/mol. The van der Waals surface area contributed by atoms with E-state index in [1.54, 1.807) is 0 Å². The second-order valence-electron chi connectivity index (χ2n) is 5.98. The minimum absolute atomic E-state index is 0.126. The van der Waals surface area contributed by atoms with Gasteiger partial charge in [-0.25, -0.2) is 0 Å². The van der Waals surface area contributed by atoms with Crippen LogP contribution in [0.25, 0.3) is 0 Å². The highest BCUT2D eigenvalue weighted by molar-refractivity contribution is 5.49. The maximum Gasteiger partial charge on any atom is 0.119 e. The summed E-state index contributed by atoms with van der Waals surface area (Å²) in [5.74, 6) is 1.17. The van der Waals surface area contributed by atoms with Gasteiger partial charge < -0.3 is 20.5 Å². The van der Waals surface area contributed by atoms with Crippen LogP contribution >= 0.6 is 0 Å². The quantitative estimate of drug-likeness (QED) is 0.845. The Morgan fingerprint density at radius 1 is 1.29 bits per heavy atom. The smallest absolute Gasteiger partial charge is 0.119 e. The van der Waals surface area contributed by atoms with Crippen LogP contribution in [-0.2, 0) is 0 Å². The molecule has 0 spiro atoms. The number of nitrogens with two attached hydrogens (primary N) is 1. The van der Waals surface area contributed by atoms with Gasteiger partial charge in [0.2, 0.25) is 0 Å². The number of piperidine rings is 1. The van der Waals surface area contributed by atoms with Gasteiger partial charge in [0, 0.05) is 30.7 Å². The molecule has 1 aliphatic rings. The van der Waals surface area contributed by atoms with Gasteiger partial charge in [0.05, 0.1) is 12.7 Å². The minimum atomic E-state index is -0.258. The summed E-state index contributed by atoms with van der Waals surface area (Å²) in [7, 11) is 0. The van der Waals surface area contributed by atoms with Crippen LogP contribution in [0.15, 0.2) is 24.3 Å². The Bertz CT molecular complexity index is 421. The van der Waals surface area contributed by atoms with Crippen molar-refractivity contribution in [3.63, 3.8) is 0 Å². The summed E-state index contributed by atoms with van der Waals surface area (Å²) in [6.07, 6.45) is 2.45. The van der Waals surface area contributed by atoms with E-state index in [1.807, 2.05) is 19.1 Å². The lowest BCUT2D eigenvalue weighted by Crippen LogP contribution is -2.50. The fraction of sp³-hybridized carbons (Fsp3) is 0.647. The second kappa shape index (κ2) is 7.66. The van der Waals surface area contributed by atoms with Gasteiger partial charge in [-0.2, -0.15) is 0 Å². The van der Waals surface area contributed by atoms with E-state index >= 15 is 0 Å². The Hall–Kier alpha value is -1.26. The normalized spacial score (nSPS) is 23.9. The van der Waals surface area contributed by atoms with Crippen LogP contribution in [0.2, 0.25) is 0 Å². The third kappa shape index (κ3) is 4.35.